The molecule has 0 saturated carbocycles. The van der Waals surface area contributed by atoms with Gasteiger partial charge in [-0.15, -0.1) is 0 Å². The zero-order chi connectivity index (χ0) is 16.0. The van der Waals surface area contributed by atoms with Gasteiger partial charge in [0.05, 0.1) is 5.54 Å². The largest absolute Gasteiger partial charge is 0.314 e. The lowest BCUT2D eigenvalue weighted by Crippen LogP contribution is -2.55. The van der Waals surface area contributed by atoms with Crippen LogP contribution in [0, 0.1) is 11.8 Å². The molecule has 0 fully saturated rings. The van der Waals surface area contributed by atoms with E-state index in [1.54, 1.807) is 24.3 Å². The molecule has 4 nitrogen and oxygen atoms in total. The Morgan fingerprint density at radius 3 is 2.29 bits per heavy atom. The molecule has 0 aliphatic rings. The highest BCUT2D eigenvalue weighted by molar-refractivity contribution is 6.30. The van der Waals surface area contributed by atoms with Gasteiger partial charge in [0.25, 0.3) is 5.91 Å². The number of rotatable bonds is 1. The van der Waals surface area contributed by atoms with Crippen molar-refractivity contribution in [1.29, 1.82) is 0 Å². The monoisotopic (exact) mass is 306 g/mol. The Labute approximate surface area is 130 Å². The zero-order valence-corrected chi connectivity index (χ0v) is 13.4. The molecule has 0 unspecified atom stereocenters. The molecule has 0 atom stereocenters. The minimum absolute atomic E-state index is 0.314. The van der Waals surface area contributed by atoms with Crippen molar-refractivity contribution < 1.29 is 9.59 Å². The van der Waals surface area contributed by atoms with E-state index in [1.807, 2.05) is 27.7 Å². The first kappa shape index (κ1) is 17.1. The number of hydrazine groups is 1. The second kappa shape index (κ2) is 7.14. The molecule has 0 saturated heterocycles. The van der Waals surface area contributed by atoms with Gasteiger partial charge < -0.3 is 0 Å². The van der Waals surface area contributed by atoms with Crippen LogP contribution in [0.2, 0.25) is 5.02 Å². The van der Waals surface area contributed by atoms with Crippen molar-refractivity contribution in [3.63, 3.8) is 0 Å². The van der Waals surface area contributed by atoms with E-state index in [1.165, 1.54) is 5.01 Å². The normalized spacial score (nSPS) is 10.3. The highest BCUT2D eigenvalue weighted by atomic mass is 35.5. The molecule has 0 aliphatic heterocycles. The number of benzene rings is 1. The quantitative estimate of drug-likeness (QED) is 0.640. The van der Waals surface area contributed by atoms with Crippen molar-refractivity contribution in [2.45, 2.75) is 39.7 Å². The topological polar surface area (TPSA) is 49.4 Å². The van der Waals surface area contributed by atoms with E-state index in [0.717, 1.165) is 0 Å². The molecule has 0 aliphatic carbocycles. The Morgan fingerprint density at radius 2 is 1.81 bits per heavy atom. The van der Waals surface area contributed by atoms with Crippen LogP contribution in [0.1, 0.15) is 44.5 Å². The molecule has 0 aromatic heterocycles. The standard InChI is InChI=1S/C16H19ClN2O2/c1-5-6-7-14(20)18-19(16(2,3)4)15(21)12-8-10-13(17)11-9-12/h8-11H,5H2,1-4H3,(H,18,20). The van der Waals surface area contributed by atoms with E-state index in [-0.39, 0.29) is 5.91 Å². The van der Waals surface area contributed by atoms with E-state index < -0.39 is 11.4 Å². The SMILES string of the molecule is CCC#CC(=O)NN(C(=O)c1ccc(Cl)cc1)C(C)(C)C. The summed E-state index contributed by atoms with van der Waals surface area (Å²) in [6.07, 6.45) is 0.577. The number of nitrogens with zero attached hydrogens (tertiary/aromatic N) is 1. The van der Waals surface area contributed by atoms with Crippen LogP contribution in [0.5, 0.6) is 0 Å². The van der Waals surface area contributed by atoms with Crippen LogP contribution < -0.4 is 5.43 Å². The second-order valence-electron chi connectivity index (χ2n) is 5.41. The Hall–Kier alpha value is -1.99. The van der Waals surface area contributed by atoms with Gasteiger partial charge in [-0.25, -0.2) is 5.01 Å². The molecule has 1 aromatic carbocycles. The van der Waals surface area contributed by atoms with E-state index in [0.29, 0.717) is 17.0 Å². The van der Waals surface area contributed by atoms with Crippen LogP contribution in [-0.2, 0) is 4.79 Å². The van der Waals surface area contributed by atoms with Crippen LogP contribution in [0.4, 0.5) is 0 Å². The average Bonchev–Trinajstić information content (AvgIpc) is 2.41. The summed E-state index contributed by atoms with van der Waals surface area (Å²) in [6, 6.07) is 6.50. The van der Waals surface area contributed by atoms with Crippen LogP contribution in [0.25, 0.3) is 0 Å². The van der Waals surface area contributed by atoms with Crippen molar-refractivity contribution >= 4 is 23.4 Å². The summed E-state index contributed by atoms with van der Waals surface area (Å²) in [5, 5.41) is 1.83. The third-order valence-corrected chi connectivity index (χ3v) is 2.81. The average molecular weight is 307 g/mol. The van der Waals surface area contributed by atoms with Crippen LogP contribution in [0.3, 0.4) is 0 Å². The van der Waals surface area contributed by atoms with Crippen molar-refractivity contribution in [1.82, 2.24) is 10.4 Å². The van der Waals surface area contributed by atoms with Gasteiger partial charge in [-0.1, -0.05) is 24.4 Å². The maximum Gasteiger partial charge on any atom is 0.314 e. The summed E-state index contributed by atoms with van der Waals surface area (Å²) in [5.41, 5.74) is 2.40. The number of halogens is 1. The third-order valence-electron chi connectivity index (χ3n) is 2.56. The minimum atomic E-state index is -0.583. The van der Waals surface area contributed by atoms with Crippen LogP contribution in [-0.4, -0.2) is 22.4 Å². The van der Waals surface area contributed by atoms with E-state index in [9.17, 15) is 9.59 Å². The lowest BCUT2D eigenvalue weighted by atomic mass is 10.1. The maximum atomic E-state index is 12.5. The Bertz CT molecular complexity index is 577. The van der Waals surface area contributed by atoms with E-state index in [4.69, 9.17) is 11.6 Å². The first-order valence-corrected chi connectivity index (χ1v) is 7.03. The predicted molar refractivity (Wildman–Crippen MR) is 83.6 cm³/mol. The molecule has 0 heterocycles. The van der Waals surface area contributed by atoms with Crippen molar-refractivity contribution in [3.8, 4) is 11.8 Å². The minimum Gasteiger partial charge on any atom is -0.267 e. The fourth-order valence-corrected chi connectivity index (χ4v) is 1.67. The van der Waals surface area contributed by atoms with Crippen molar-refractivity contribution in [2.24, 2.45) is 0 Å². The first-order chi connectivity index (χ1) is 9.75. The maximum absolute atomic E-state index is 12.5. The number of carbonyl (C=O) groups excluding carboxylic acids is 2. The van der Waals surface area contributed by atoms with Gasteiger partial charge in [-0.3, -0.25) is 15.0 Å². The summed E-state index contributed by atoms with van der Waals surface area (Å²) in [5.74, 6) is 4.29. The second-order valence-corrected chi connectivity index (χ2v) is 5.85. The summed E-state index contributed by atoms with van der Waals surface area (Å²) < 4.78 is 0. The molecule has 21 heavy (non-hydrogen) atoms. The third kappa shape index (κ3) is 5.13. The highest BCUT2D eigenvalue weighted by Crippen LogP contribution is 2.16. The molecular weight excluding hydrogens is 288 g/mol. The molecule has 2 amide bonds. The predicted octanol–water partition coefficient (Wildman–Crippen LogP) is 3.03. The molecule has 1 N–H and O–H groups in total. The fraction of sp³-hybridized carbons (Fsp3) is 0.375. The molecule has 112 valence electrons. The van der Waals surface area contributed by atoms with Gasteiger partial charge in [-0.05, 0) is 51.0 Å². The number of amides is 2. The lowest BCUT2D eigenvalue weighted by Gasteiger charge is -2.34. The number of carbonyl (C=O) groups is 2. The van der Waals surface area contributed by atoms with Gasteiger partial charge in [0, 0.05) is 17.0 Å². The van der Waals surface area contributed by atoms with Gasteiger partial charge in [0.2, 0.25) is 0 Å². The molecule has 0 bridgehead atoms. The summed E-state index contributed by atoms with van der Waals surface area (Å²) in [7, 11) is 0. The number of nitrogens with one attached hydrogen (secondary N) is 1. The Morgan fingerprint density at radius 1 is 1.24 bits per heavy atom. The number of hydrogen-bond acceptors (Lipinski definition) is 2. The number of hydrogen-bond donors (Lipinski definition) is 1. The Balaban J connectivity index is 3.00. The van der Waals surface area contributed by atoms with Crippen LogP contribution >= 0.6 is 11.6 Å². The molecule has 5 heteroatoms. The zero-order valence-electron chi connectivity index (χ0n) is 12.7. The Kier molecular flexibility index (Phi) is 5.80. The van der Waals surface area contributed by atoms with Crippen molar-refractivity contribution in [3.05, 3.63) is 34.9 Å². The summed E-state index contributed by atoms with van der Waals surface area (Å²) in [4.78, 5) is 24.3. The molecule has 0 spiro atoms. The van der Waals surface area contributed by atoms with Gasteiger partial charge in [0.1, 0.15) is 0 Å². The van der Waals surface area contributed by atoms with Crippen LogP contribution in [0.15, 0.2) is 24.3 Å². The van der Waals surface area contributed by atoms with E-state index in [2.05, 4.69) is 17.3 Å². The summed E-state index contributed by atoms with van der Waals surface area (Å²) >= 11 is 5.81. The highest BCUT2D eigenvalue weighted by Gasteiger charge is 2.28. The molecule has 1 rings (SSSR count). The van der Waals surface area contributed by atoms with Gasteiger partial charge in [-0.2, -0.15) is 0 Å². The van der Waals surface area contributed by atoms with Gasteiger partial charge >= 0.3 is 5.91 Å². The van der Waals surface area contributed by atoms with E-state index >= 15 is 0 Å². The molecule has 1 aromatic rings. The molecular formula is C16H19ClN2O2. The van der Waals surface area contributed by atoms with Crippen molar-refractivity contribution in [2.75, 3.05) is 0 Å². The fourth-order valence-electron chi connectivity index (χ4n) is 1.54. The summed E-state index contributed by atoms with van der Waals surface area (Å²) in [6.45, 7) is 7.33. The first-order valence-electron chi connectivity index (χ1n) is 6.65. The van der Waals surface area contributed by atoms with Gasteiger partial charge in [0.15, 0.2) is 0 Å². The smallest absolute Gasteiger partial charge is 0.267 e. The molecule has 0 radical (unpaired) electrons. The lowest BCUT2D eigenvalue weighted by molar-refractivity contribution is -0.121.